The first-order valence-corrected chi connectivity index (χ1v) is 4.11. The Labute approximate surface area is 75.4 Å². The molecule has 1 atom stereocenters. The summed E-state index contributed by atoms with van der Waals surface area (Å²) < 4.78 is 36.0. The third-order valence-electron chi connectivity index (χ3n) is 1.91. The van der Waals surface area contributed by atoms with E-state index in [0.29, 0.717) is 0 Å². The summed E-state index contributed by atoms with van der Waals surface area (Å²) in [4.78, 5) is 0. The van der Waals surface area contributed by atoms with Crippen molar-refractivity contribution in [3.05, 3.63) is 35.9 Å². The van der Waals surface area contributed by atoms with Crippen molar-refractivity contribution in [2.45, 2.75) is 25.4 Å². The lowest BCUT2D eigenvalue weighted by Gasteiger charge is -2.13. The molecule has 0 saturated carbocycles. The van der Waals surface area contributed by atoms with Crippen LogP contribution in [-0.2, 0) is 0 Å². The largest absolute Gasteiger partial charge is 0.389 e. The number of hydrogen-bond donors (Lipinski definition) is 0. The third kappa shape index (κ3) is 3.49. The monoisotopic (exact) mass is 188 g/mol. The van der Waals surface area contributed by atoms with Crippen LogP contribution in [-0.4, -0.2) is 6.18 Å². The van der Waals surface area contributed by atoms with E-state index in [1.54, 1.807) is 37.3 Å². The van der Waals surface area contributed by atoms with Crippen LogP contribution in [0.25, 0.3) is 0 Å². The quantitative estimate of drug-likeness (QED) is 0.663. The second-order valence-electron chi connectivity index (χ2n) is 3.13. The van der Waals surface area contributed by atoms with Crippen LogP contribution in [0.15, 0.2) is 30.3 Å². The van der Waals surface area contributed by atoms with E-state index in [1.807, 2.05) is 0 Å². The van der Waals surface area contributed by atoms with Gasteiger partial charge in [0.05, 0.1) is 6.42 Å². The van der Waals surface area contributed by atoms with Gasteiger partial charge in [0.1, 0.15) is 0 Å². The molecule has 0 unspecified atom stereocenters. The van der Waals surface area contributed by atoms with Gasteiger partial charge in [-0.2, -0.15) is 13.2 Å². The van der Waals surface area contributed by atoms with E-state index in [9.17, 15) is 13.2 Å². The molecule has 1 aromatic carbocycles. The number of benzene rings is 1. The summed E-state index contributed by atoms with van der Waals surface area (Å²) in [6.07, 6.45) is -4.83. The molecule has 13 heavy (non-hydrogen) atoms. The van der Waals surface area contributed by atoms with Gasteiger partial charge in [-0.3, -0.25) is 0 Å². The zero-order valence-corrected chi connectivity index (χ0v) is 7.31. The highest BCUT2D eigenvalue weighted by molar-refractivity contribution is 5.18. The minimum absolute atomic E-state index is 0.457. The minimum Gasteiger partial charge on any atom is -0.171 e. The normalized spacial score (nSPS) is 14.2. The Hall–Kier alpha value is -0.990. The molecule has 0 spiro atoms. The average Bonchev–Trinajstić information content (AvgIpc) is 2.03. The van der Waals surface area contributed by atoms with Crippen molar-refractivity contribution in [2.24, 2.45) is 0 Å². The molecule has 0 aliphatic rings. The van der Waals surface area contributed by atoms with E-state index in [-0.39, 0.29) is 0 Å². The maximum atomic E-state index is 12.0. The Morgan fingerprint density at radius 1 is 1.15 bits per heavy atom. The fourth-order valence-corrected chi connectivity index (χ4v) is 1.25. The van der Waals surface area contributed by atoms with Crippen LogP contribution in [0.2, 0.25) is 0 Å². The molecule has 0 aromatic heterocycles. The van der Waals surface area contributed by atoms with Crippen LogP contribution in [0.5, 0.6) is 0 Å². The smallest absolute Gasteiger partial charge is 0.171 e. The van der Waals surface area contributed by atoms with Crippen molar-refractivity contribution in [1.29, 1.82) is 0 Å². The van der Waals surface area contributed by atoms with Gasteiger partial charge in [0.25, 0.3) is 0 Å². The molecule has 0 fully saturated rings. The fraction of sp³-hybridized carbons (Fsp3) is 0.400. The molecule has 1 rings (SSSR count). The van der Waals surface area contributed by atoms with Gasteiger partial charge in [-0.1, -0.05) is 37.3 Å². The first kappa shape index (κ1) is 10.1. The van der Waals surface area contributed by atoms with Crippen molar-refractivity contribution in [3.63, 3.8) is 0 Å². The average molecular weight is 188 g/mol. The van der Waals surface area contributed by atoms with Crippen molar-refractivity contribution in [1.82, 2.24) is 0 Å². The zero-order valence-electron chi connectivity index (χ0n) is 7.31. The molecule has 72 valence electrons. The van der Waals surface area contributed by atoms with Gasteiger partial charge in [-0.25, -0.2) is 0 Å². The van der Waals surface area contributed by atoms with Gasteiger partial charge >= 0.3 is 6.18 Å². The lowest BCUT2D eigenvalue weighted by molar-refractivity contribution is -0.137. The molecule has 0 heterocycles. The summed E-state index contributed by atoms with van der Waals surface area (Å²) in [5.41, 5.74) is 0.736. The molecule has 0 bridgehead atoms. The molecular formula is C10H11F3. The summed E-state index contributed by atoms with van der Waals surface area (Å²) in [5, 5.41) is 0. The lowest BCUT2D eigenvalue weighted by Crippen LogP contribution is -2.11. The van der Waals surface area contributed by atoms with E-state index >= 15 is 0 Å². The molecule has 0 amide bonds. The number of rotatable bonds is 2. The van der Waals surface area contributed by atoms with Gasteiger partial charge in [-0.05, 0) is 11.5 Å². The van der Waals surface area contributed by atoms with Crippen molar-refractivity contribution >= 4 is 0 Å². The molecule has 0 aliphatic heterocycles. The maximum Gasteiger partial charge on any atom is 0.389 e. The summed E-state index contributed by atoms with van der Waals surface area (Å²) >= 11 is 0. The van der Waals surface area contributed by atoms with Crippen LogP contribution < -0.4 is 0 Å². The first-order chi connectivity index (χ1) is 5.99. The summed E-state index contributed by atoms with van der Waals surface area (Å²) in [6, 6.07) is 8.74. The first-order valence-electron chi connectivity index (χ1n) is 4.11. The van der Waals surface area contributed by atoms with Gasteiger partial charge in [-0.15, -0.1) is 0 Å². The van der Waals surface area contributed by atoms with Crippen molar-refractivity contribution in [3.8, 4) is 0 Å². The molecule has 0 aliphatic carbocycles. The second-order valence-corrected chi connectivity index (χ2v) is 3.13. The van der Waals surface area contributed by atoms with Gasteiger partial charge in [0, 0.05) is 0 Å². The van der Waals surface area contributed by atoms with E-state index in [1.165, 1.54) is 0 Å². The number of hydrogen-bond acceptors (Lipinski definition) is 0. The maximum absolute atomic E-state index is 12.0. The molecule has 0 N–H and O–H groups in total. The number of alkyl halides is 3. The summed E-state index contributed by atoms with van der Waals surface area (Å²) in [5.74, 6) is -0.457. The minimum atomic E-state index is -4.07. The van der Waals surface area contributed by atoms with Crippen molar-refractivity contribution < 1.29 is 13.2 Å². The van der Waals surface area contributed by atoms with Gasteiger partial charge < -0.3 is 0 Å². The van der Waals surface area contributed by atoms with E-state index in [2.05, 4.69) is 0 Å². The Bertz CT molecular complexity index is 251. The van der Waals surface area contributed by atoms with Crippen LogP contribution >= 0.6 is 0 Å². The standard InChI is InChI=1S/C10H11F3/c1-8(7-10(11,12)13)9-5-3-2-4-6-9/h2-6,8H,7H2,1H3/t8-/m1/s1. The zero-order chi connectivity index (χ0) is 9.90. The molecular weight excluding hydrogens is 177 g/mol. The summed E-state index contributed by atoms with van der Waals surface area (Å²) in [6.45, 7) is 1.59. The van der Waals surface area contributed by atoms with Crippen LogP contribution in [0.4, 0.5) is 13.2 Å². The topological polar surface area (TPSA) is 0 Å². The highest BCUT2D eigenvalue weighted by atomic mass is 19.4. The molecule has 0 nitrogen and oxygen atoms in total. The van der Waals surface area contributed by atoms with Gasteiger partial charge in [0.15, 0.2) is 0 Å². The predicted octanol–water partition coefficient (Wildman–Crippen LogP) is 3.74. The van der Waals surface area contributed by atoms with E-state index in [4.69, 9.17) is 0 Å². The second kappa shape index (κ2) is 3.81. The fourth-order valence-electron chi connectivity index (χ4n) is 1.25. The Morgan fingerprint density at radius 3 is 2.15 bits per heavy atom. The molecule has 0 radical (unpaired) electrons. The van der Waals surface area contributed by atoms with Gasteiger partial charge in [0.2, 0.25) is 0 Å². The highest BCUT2D eigenvalue weighted by Crippen LogP contribution is 2.30. The van der Waals surface area contributed by atoms with E-state index < -0.39 is 18.5 Å². The predicted molar refractivity (Wildman–Crippen MR) is 45.5 cm³/mol. The Morgan fingerprint density at radius 2 is 1.69 bits per heavy atom. The molecule has 1 aromatic rings. The van der Waals surface area contributed by atoms with E-state index in [0.717, 1.165) is 5.56 Å². The Kier molecular flexibility index (Phi) is 2.96. The Balaban J connectivity index is 2.64. The van der Waals surface area contributed by atoms with Crippen LogP contribution in [0, 0.1) is 0 Å². The molecule has 0 saturated heterocycles. The number of halogens is 3. The highest BCUT2D eigenvalue weighted by Gasteiger charge is 2.30. The van der Waals surface area contributed by atoms with Crippen molar-refractivity contribution in [2.75, 3.05) is 0 Å². The molecule has 3 heteroatoms. The van der Waals surface area contributed by atoms with Crippen LogP contribution in [0.1, 0.15) is 24.8 Å². The summed E-state index contributed by atoms with van der Waals surface area (Å²) in [7, 11) is 0. The van der Waals surface area contributed by atoms with Crippen LogP contribution in [0.3, 0.4) is 0 Å². The third-order valence-corrected chi connectivity index (χ3v) is 1.91. The SMILES string of the molecule is C[C@H](CC(F)(F)F)c1ccccc1. The lowest BCUT2D eigenvalue weighted by atomic mass is 9.98.